The molecular weight excluding hydrogens is 252 g/mol. The highest BCUT2D eigenvalue weighted by Crippen LogP contribution is 2.31. The van der Waals surface area contributed by atoms with Gasteiger partial charge in [-0.25, -0.2) is 0 Å². The summed E-state index contributed by atoms with van der Waals surface area (Å²) in [5, 5.41) is 0. The lowest BCUT2D eigenvalue weighted by Gasteiger charge is -2.40. The summed E-state index contributed by atoms with van der Waals surface area (Å²) in [6, 6.07) is 11.0. The van der Waals surface area contributed by atoms with Crippen LogP contribution in [0.4, 0.5) is 0 Å². The maximum absolute atomic E-state index is 5.81. The SMILES string of the molecule is CC1CC(C)CN(C(CC(N)=S)c2ccccc2)C1. The Morgan fingerprint density at radius 1 is 1.26 bits per heavy atom. The van der Waals surface area contributed by atoms with Crippen molar-refractivity contribution in [3.63, 3.8) is 0 Å². The third kappa shape index (κ3) is 4.02. The molecule has 104 valence electrons. The van der Waals surface area contributed by atoms with Crippen LogP contribution in [0.1, 0.15) is 38.3 Å². The van der Waals surface area contributed by atoms with Crippen molar-refractivity contribution >= 4 is 17.2 Å². The van der Waals surface area contributed by atoms with Gasteiger partial charge < -0.3 is 5.73 Å². The van der Waals surface area contributed by atoms with E-state index >= 15 is 0 Å². The summed E-state index contributed by atoms with van der Waals surface area (Å²) >= 11 is 5.15. The average Bonchev–Trinajstić information content (AvgIpc) is 2.35. The Hall–Kier alpha value is -0.930. The van der Waals surface area contributed by atoms with Crippen LogP contribution in [0.3, 0.4) is 0 Å². The summed E-state index contributed by atoms with van der Waals surface area (Å²) in [7, 11) is 0. The van der Waals surface area contributed by atoms with E-state index in [4.69, 9.17) is 18.0 Å². The van der Waals surface area contributed by atoms with Gasteiger partial charge in [-0.2, -0.15) is 0 Å². The molecule has 1 aromatic rings. The smallest absolute Gasteiger partial charge is 0.0746 e. The summed E-state index contributed by atoms with van der Waals surface area (Å²) in [4.78, 5) is 3.17. The Morgan fingerprint density at radius 3 is 2.37 bits per heavy atom. The molecule has 3 unspecified atom stereocenters. The largest absolute Gasteiger partial charge is 0.393 e. The van der Waals surface area contributed by atoms with Crippen LogP contribution in [-0.4, -0.2) is 23.0 Å². The molecule has 2 N–H and O–H groups in total. The topological polar surface area (TPSA) is 29.3 Å². The fourth-order valence-corrected chi connectivity index (χ4v) is 3.45. The first-order valence-electron chi connectivity index (χ1n) is 7.13. The molecule has 0 saturated carbocycles. The van der Waals surface area contributed by atoms with E-state index in [-0.39, 0.29) is 0 Å². The number of nitrogens with zero attached hydrogens (tertiary/aromatic N) is 1. The van der Waals surface area contributed by atoms with Crippen molar-refractivity contribution in [3.8, 4) is 0 Å². The van der Waals surface area contributed by atoms with Crippen molar-refractivity contribution in [3.05, 3.63) is 35.9 Å². The van der Waals surface area contributed by atoms with Crippen LogP contribution in [0.2, 0.25) is 0 Å². The molecule has 1 fully saturated rings. The van der Waals surface area contributed by atoms with Gasteiger partial charge in [0.05, 0.1) is 4.99 Å². The number of nitrogens with two attached hydrogens (primary N) is 1. The first-order valence-corrected chi connectivity index (χ1v) is 7.54. The van der Waals surface area contributed by atoms with Gasteiger partial charge >= 0.3 is 0 Å². The number of hydrogen-bond donors (Lipinski definition) is 1. The van der Waals surface area contributed by atoms with E-state index in [1.807, 2.05) is 0 Å². The third-order valence-corrected chi connectivity index (χ3v) is 4.08. The molecule has 0 amide bonds. The fourth-order valence-electron chi connectivity index (χ4n) is 3.29. The minimum atomic E-state index is 0.337. The maximum atomic E-state index is 5.81. The van der Waals surface area contributed by atoms with Crippen molar-refractivity contribution in [2.75, 3.05) is 13.1 Å². The minimum Gasteiger partial charge on any atom is -0.393 e. The van der Waals surface area contributed by atoms with Gasteiger partial charge in [0.15, 0.2) is 0 Å². The van der Waals surface area contributed by atoms with Crippen LogP contribution in [0.25, 0.3) is 0 Å². The fraction of sp³-hybridized carbons (Fsp3) is 0.562. The Balaban J connectivity index is 2.20. The van der Waals surface area contributed by atoms with Gasteiger partial charge in [-0.15, -0.1) is 0 Å². The molecular formula is C16H24N2S. The Labute approximate surface area is 122 Å². The third-order valence-electron chi connectivity index (χ3n) is 3.92. The van der Waals surface area contributed by atoms with Crippen LogP contribution in [0.15, 0.2) is 30.3 Å². The predicted octanol–water partition coefficient (Wildman–Crippen LogP) is 3.38. The van der Waals surface area contributed by atoms with E-state index in [0.29, 0.717) is 11.0 Å². The van der Waals surface area contributed by atoms with Crippen LogP contribution in [0.5, 0.6) is 0 Å². The first-order chi connectivity index (χ1) is 9.06. The van der Waals surface area contributed by atoms with Crippen molar-refractivity contribution < 1.29 is 0 Å². The van der Waals surface area contributed by atoms with E-state index in [2.05, 4.69) is 49.1 Å². The van der Waals surface area contributed by atoms with Crippen LogP contribution in [0, 0.1) is 11.8 Å². The molecule has 0 aromatic heterocycles. The molecule has 1 heterocycles. The Bertz CT molecular complexity index is 408. The number of piperidine rings is 1. The Morgan fingerprint density at radius 2 is 1.84 bits per heavy atom. The molecule has 3 heteroatoms. The van der Waals surface area contributed by atoms with Crippen LogP contribution >= 0.6 is 12.2 Å². The minimum absolute atomic E-state index is 0.337. The predicted molar refractivity (Wildman–Crippen MR) is 85.1 cm³/mol. The quantitative estimate of drug-likeness (QED) is 0.855. The molecule has 3 atom stereocenters. The van der Waals surface area contributed by atoms with Crippen molar-refractivity contribution in [2.45, 2.75) is 32.7 Å². The summed E-state index contributed by atoms with van der Waals surface area (Å²) in [6.45, 7) is 6.97. The van der Waals surface area contributed by atoms with Crippen LogP contribution < -0.4 is 5.73 Å². The molecule has 0 radical (unpaired) electrons. The highest BCUT2D eigenvalue weighted by atomic mass is 32.1. The molecule has 2 nitrogen and oxygen atoms in total. The molecule has 0 aliphatic carbocycles. The lowest BCUT2D eigenvalue weighted by molar-refractivity contribution is 0.0980. The average molecular weight is 276 g/mol. The number of rotatable bonds is 4. The zero-order valence-corrected chi connectivity index (χ0v) is 12.7. The zero-order chi connectivity index (χ0) is 13.8. The summed E-state index contributed by atoms with van der Waals surface area (Å²) in [5.74, 6) is 1.50. The highest BCUT2D eigenvalue weighted by molar-refractivity contribution is 7.80. The summed E-state index contributed by atoms with van der Waals surface area (Å²) < 4.78 is 0. The molecule has 2 rings (SSSR count). The maximum Gasteiger partial charge on any atom is 0.0746 e. The summed E-state index contributed by atoms with van der Waals surface area (Å²) in [5.41, 5.74) is 7.14. The van der Waals surface area contributed by atoms with E-state index in [1.165, 1.54) is 12.0 Å². The van der Waals surface area contributed by atoms with E-state index in [9.17, 15) is 0 Å². The van der Waals surface area contributed by atoms with Gasteiger partial charge in [0, 0.05) is 25.6 Å². The van der Waals surface area contributed by atoms with E-state index in [1.54, 1.807) is 0 Å². The van der Waals surface area contributed by atoms with Gasteiger partial charge in [0.2, 0.25) is 0 Å². The van der Waals surface area contributed by atoms with Gasteiger partial charge in [0.1, 0.15) is 0 Å². The first kappa shape index (κ1) is 14.5. The van der Waals surface area contributed by atoms with Crippen molar-refractivity contribution in [1.82, 2.24) is 4.90 Å². The van der Waals surface area contributed by atoms with Crippen molar-refractivity contribution in [2.24, 2.45) is 17.6 Å². The second kappa shape index (κ2) is 6.49. The van der Waals surface area contributed by atoms with Gasteiger partial charge in [0.25, 0.3) is 0 Å². The summed E-state index contributed by atoms with van der Waals surface area (Å²) in [6.07, 6.45) is 2.10. The van der Waals surface area contributed by atoms with Gasteiger partial charge in [-0.05, 0) is 23.8 Å². The van der Waals surface area contributed by atoms with Gasteiger partial charge in [-0.1, -0.05) is 56.4 Å². The van der Waals surface area contributed by atoms with Crippen LogP contribution in [-0.2, 0) is 0 Å². The highest BCUT2D eigenvalue weighted by Gasteiger charge is 2.28. The number of thiocarbonyl (C=S) groups is 1. The van der Waals surface area contributed by atoms with Gasteiger partial charge in [-0.3, -0.25) is 4.90 Å². The molecule has 1 saturated heterocycles. The number of hydrogen-bond acceptors (Lipinski definition) is 2. The van der Waals surface area contributed by atoms with Crippen molar-refractivity contribution in [1.29, 1.82) is 0 Å². The molecule has 1 aliphatic heterocycles. The lowest BCUT2D eigenvalue weighted by Crippen LogP contribution is -2.42. The van der Waals surface area contributed by atoms with E-state index < -0.39 is 0 Å². The molecule has 0 bridgehead atoms. The number of likely N-dealkylation sites (tertiary alicyclic amines) is 1. The molecule has 1 aliphatic rings. The standard InChI is InChI=1S/C16H24N2S/c1-12-8-13(2)11-18(10-12)15(9-16(17)19)14-6-4-3-5-7-14/h3-7,12-13,15H,8-11H2,1-2H3,(H2,17,19). The van der Waals surface area contributed by atoms with E-state index in [0.717, 1.165) is 31.3 Å². The zero-order valence-electron chi connectivity index (χ0n) is 11.9. The lowest BCUT2D eigenvalue weighted by atomic mass is 9.89. The molecule has 1 aromatic carbocycles. The molecule has 19 heavy (non-hydrogen) atoms. The normalized spacial score (nSPS) is 26.0. The second-order valence-corrected chi connectivity index (χ2v) is 6.52. The monoisotopic (exact) mass is 276 g/mol. The number of benzene rings is 1. The molecule has 0 spiro atoms. The second-order valence-electron chi connectivity index (χ2n) is 6.00. The Kier molecular flexibility index (Phi) is 4.94.